The van der Waals surface area contributed by atoms with Crippen LogP contribution >= 0.6 is 0 Å². The van der Waals surface area contributed by atoms with Crippen LogP contribution in [-0.2, 0) is 4.79 Å². The standard InChI is InChI=1S/C22H25NO5/c1-14-11-17(12-15(2)21(14)28-13-20(24)25)22(26)23-10-4-5-19(23)16-6-8-18(27-3)9-7-16/h6-9,11-12,19H,4-5,10,13H2,1-3H3,(H,24,25). The lowest BCUT2D eigenvalue weighted by Gasteiger charge is -2.26. The predicted molar refractivity (Wildman–Crippen MR) is 105 cm³/mol. The zero-order chi connectivity index (χ0) is 20.3. The number of carboxylic acid groups (broad SMARTS) is 1. The number of benzene rings is 2. The van der Waals surface area contributed by atoms with Gasteiger partial charge in [0.15, 0.2) is 6.61 Å². The van der Waals surface area contributed by atoms with E-state index in [4.69, 9.17) is 14.6 Å². The van der Waals surface area contributed by atoms with Gasteiger partial charge in [0.2, 0.25) is 0 Å². The molecule has 6 heteroatoms. The Labute approximate surface area is 164 Å². The van der Waals surface area contributed by atoms with E-state index in [2.05, 4.69) is 0 Å². The molecule has 1 heterocycles. The first-order chi connectivity index (χ1) is 13.4. The Kier molecular flexibility index (Phi) is 5.87. The van der Waals surface area contributed by atoms with Crippen molar-refractivity contribution in [1.29, 1.82) is 0 Å². The highest BCUT2D eigenvalue weighted by atomic mass is 16.5. The molecule has 1 aliphatic heterocycles. The SMILES string of the molecule is COc1ccc(C2CCCN2C(=O)c2cc(C)c(OCC(=O)O)c(C)c2)cc1. The maximum Gasteiger partial charge on any atom is 0.341 e. The molecule has 0 saturated carbocycles. The van der Waals surface area contributed by atoms with Gasteiger partial charge in [-0.25, -0.2) is 4.79 Å². The molecule has 0 aromatic heterocycles. The van der Waals surface area contributed by atoms with Crippen molar-refractivity contribution in [3.63, 3.8) is 0 Å². The number of aliphatic carboxylic acids is 1. The molecule has 0 spiro atoms. The molecular formula is C22H25NO5. The molecule has 1 fully saturated rings. The van der Waals surface area contributed by atoms with Crippen molar-refractivity contribution < 1.29 is 24.2 Å². The minimum absolute atomic E-state index is 0.0192. The highest BCUT2D eigenvalue weighted by molar-refractivity contribution is 5.95. The van der Waals surface area contributed by atoms with Crippen LogP contribution in [0.3, 0.4) is 0 Å². The highest BCUT2D eigenvalue weighted by Crippen LogP contribution is 2.35. The minimum Gasteiger partial charge on any atom is -0.497 e. The van der Waals surface area contributed by atoms with Crippen molar-refractivity contribution in [3.05, 3.63) is 58.7 Å². The Bertz CT molecular complexity index is 852. The average Bonchev–Trinajstić information content (AvgIpc) is 3.16. The molecule has 148 valence electrons. The van der Waals surface area contributed by atoms with Gasteiger partial charge in [-0.1, -0.05) is 12.1 Å². The molecule has 0 aliphatic carbocycles. The summed E-state index contributed by atoms with van der Waals surface area (Å²) in [6.07, 6.45) is 1.88. The number of likely N-dealkylation sites (tertiary alicyclic amines) is 1. The zero-order valence-electron chi connectivity index (χ0n) is 16.4. The summed E-state index contributed by atoms with van der Waals surface area (Å²) in [7, 11) is 1.63. The largest absolute Gasteiger partial charge is 0.497 e. The number of methoxy groups -OCH3 is 1. The van der Waals surface area contributed by atoms with Crippen LogP contribution in [0.4, 0.5) is 0 Å². The topological polar surface area (TPSA) is 76.1 Å². The van der Waals surface area contributed by atoms with Gasteiger partial charge in [0, 0.05) is 12.1 Å². The third kappa shape index (κ3) is 4.11. The van der Waals surface area contributed by atoms with Crippen molar-refractivity contribution in [1.82, 2.24) is 4.90 Å². The normalized spacial score (nSPS) is 16.1. The minimum atomic E-state index is -1.03. The first-order valence-electron chi connectivity index (χ1n) is 9.31. The quantitative estimate of drug-likeness (QED) is 0.822. The fourth-order valence-electron chi connectivity index (χ4n) is 3.78. The van der Waals surface area contributed by atoms with Crippen molar-refractivity contribution in [3.8, 4) is 11.5 Å². The van der Waals surface area contributed by atoms with Gasteiger partial charge in [0.25, 0.3) is 5.91 Å². The van der Waals surface area contributed by atoms with E-state index in [1.165, 1.54) is 0 Å². The number of rotatable bonds is 6. The van der Waals surface area contributed by atoms with Crippen LogP contribution in [0.25, 0.3) is 0 Å². The Balaban J connectivity index is 1.82. The summed E-state index contributed by atoms with van der Waals surface area (Å²) in [5, 5.41) is 8.82. The van der Waals surface area contributed by atoms with Crippen LogP contribution in [0.5, 0.6) is 11.5 Å². The summed E-state index contributed by atoms with van der Waals surface area (Å²) in [4.78, 5) is 25.9. The number of carboxylic acids is 1. The van der Waals surface area contributed by atoms with Crippen LogP contribution in [-0.4, -0.2) is 42.1 Å². The van der Waals surface area contributed by atoms with Gasteiger partial charge in [-0.2, -0.15) is 0 Å². The second-order valence-corrected chi connectivity index (χ2v) is 7.05. The molecule has 3 rings (SSSR count). The van der Waals surface area contributed by atoms with Gasteiger partial charge < -0.3 is 19.5 Å². The summed E-state index contributed by atoms with van der Waals surface area (Å²) in [5.41, 5.74) is 3.20. The number of hydrogen-bond donors (Lipinski definition) is 1. The van der Waals surface area contributed by atoms with Crippen LogP contribution in [0.2, 0.25) is 0 Å². The summed E-state index contributed by atoms with van der Waals surface area (Å²) >= 11 is 0. The molecule has 2 aromatic rings. The Morgan fingerprint density at radius 2 is 1.79 bits per heavy atom. The van der Waals surface area contributed by atoms with Gasteiger partial charge in [-0.05, 0) is 67.6 Å². The van der Waals surface area contributed by atoms with Crippen LogP contribution < -0.4 is 9.47 Å². The summed E-state index contributed by atoms with van der Waals surface area (Å²) in [6.45, 7) is 3.96. The van der Waals surface area contributed by atoms with Crippen LogP contribution in [0.15, 0.2) is 36.4 Å². The number of nitrogens with zero attached hydrogens (tertiary/aromatic N) is 1. The van der Waals surface area contributed by atoms with Gasteiger partial charge in [0.1, 0.15) is 11.5 Å². The Hall–Kier alpha value is -3.02. The average molecular weight is 383 g/mol. The number of amides is 1. The highest BCUT2D eigenvalue weighted by Gasteiger charge is 2.31. The van der Waals surface area contributed by atoms with E-state index in [-0.39, 0.29) is 11.9 Å². The Morgan fingerprint density at radius 3 is 2.36 bits per heavy atom. The molecule has 1 aliphatic rings. The second kappa shape index (κ2) is 8.33. The van der Waals surface area contributed by atoms with Crippen LogP contribution in [0, 0.1) is 13.8 Å². The maximum absolute atomic E-state index is 13.2. The number of carbonyl (C=O) groups excluding carboxylic acids is 1. The molecule has 1 unspecified atom stereocenters. The van der Waals surface area contributed by atoms with Crippen molar-refractivity contribution >= 4 is 11.9 Å². The number of ether oxygens (including phenoxy) is 2. The first kappa shape index (κ1) is 19.7. The van der Waals surface area contributed by atoms with E-state index >= 15 is 0 Å². The van der Waals surface area contributed by atoms with Gasteiger partial charge in [0.05, 0.1) is 13.2 Å². The lowest BCUT2D eigenvalue weighted by atomic mass is 10.0. The van der Waals surface area contributed by atoms with E-state index in [1.807, 2.05) is 43.0 Å². The van der Waals surface area contributed by atoms with Crippen molar-refractivity contribution in [2.45, 2.75) is 32.7 Å². The van der Waals surface area contributed by atoms with E-state index in [9.17, 15) is 9.59 Å². The molecule has 0 bridgehead atoms. The third-order valence-corrected chi connectivity index (χ3v) is 5.06. The third-order valence-electron chi connectivity index (χ3n) is 5.06. The van der Waals surface area contributed by atoms with E-state index < -0.39 is 12.6 Å². The van der Waals surface area contributed by atoms with Crippen molar-refractivity contribution in [2.75, 3.05) is 20.3 Å². The molecule has 1 saturated heterocycles. The number of carbonyl (C=O) groups is 2. The summed E-state index contributed by atoms with van der Waals surface area (Å²) in [6, 6.07) is 11.4. The fraction of sp³-hybridized carbons (Fsp3) is 0.364. The smallest absolute Gasteiger partial charge is 0.341 e. The fourth-order valence-corrected chi connectivity index (χ4v) is 3.78. The number of hydrogen-bond acceptors (Lipinski definition) is 4. The monoisotopic (exact) mass is 383 g/mol. The lowest BCUT2D eigenvalue weighted by Crippen LogP contribution is -2.30. The van der Waals surface area contributed by atoms with E-state index in [0.717, 1.165) is 35.3 Å². The molecule has 6 nitrogen and oxygen atoms in total. The molecule has 28 heavy (non-hydrogen) atoms. The van der Waals surface area contributed by atoms with E-state index in [0.29, 0.717) is 17.9 Å². The molecule has 2 aromatic carbocycles. The van der Waals surface area contributed by atoms with Gasteiger partial charge in [-0.3, -0.25) is 4.79 Å². The molecule has 0 radical (unpaired) electrons. The molecular weight excluding hydrogens is 358 g/mol. The summed E-state index contributed by atoms with van der Waals surface area (Å²) in [5.74, 6) is 0.266. The van der Waals surface area contributed by atoms with Gasteiger partial charge in [-0.15, -0.1) is 0 Å². The Morgan fingerprint density at radius 1 is 1.14 bits per heavy atom. The van der Waals surface area contributed by atoms with Gasteiger partial charge >= 0.3 is 5.97 Å². The second-order valence-electron chi connectivity index (χ2n) is 7.05. The maximum atomic E-state index is 13.2. The first-order valence-corrected chi connectivity index (χ1v) is 9.31. The lowest BCUT2D eigenvalue weighted by molar-refractivity contribution is -0.139. The van der Waals surface area contributed by atoms with Crippen LogP contribution in [0.1, 0.15) is 45.9 Å². The summed E-state index contributed by atoms with van der Waals surface area (Å²) < 4.78 is 10.6. The zero-order valence-corrected chi connectivity index (χ0v) is 16.4. The van der Waals surface area contributed by atoms with Crippen molar-refractivity contribution in [2.24, 2.45) is 0 Å². The molecule has 1 atom stereocenters. The molecule has 1 N–H and O–H groups in total. The van der Waals surface area contributed by atoms with E-state index in [1.54, 1.807) is 19.2 Å². The number of aryl methyl sites for hydroxylation is 2. The predicted octanol–water partition coefficient (Wildman–Crippen LogP) is 3.75. The molecule has 1 amide bonds.